The standard InChI is InChI=1S/C17H22N4O/c22-11-13-5-4-8-15(9-13)21-17-10-16(18-12-19-17)20-14-6-2-1-3-7-14/h4-5,8-10,12,14,22H,1-3,6-7,11H2,(H2,18,19,20,21). The summed E-state index contributed by atoms with van der Waals surface area (Å²) in [6.07, 6.45) is 7.93. The SMILES string of the molecule is OCc1cccc(Nc2cc(NC3CCCCC3)ncn2)c1. The third kappa shape index (κ3) is 3.95. The average molecular weight is 298 g/mol. The van der Waals surface area contributed by atoms with E-state index in [9.17, 15) is 5.11 Å². The molecule has 1 saturated carbocycles. The molecule has 3 rings (SSSR count). The minimum atomic E-state index is 0.0355. The second kappa shape index (κ2) is 7.22. The van der Waals surface area contributed by atoms with Crippen LogP contribution < -0.4 is 10.6 Å². The molecular weight excluding hydrogens is 276 g/mol. The van der Waals surface area contributed by atoms with Gasteiger partial charge in [0.1, 0.15) is 18.0 Å². The van der Waals surface area contributed by atoms with Crippen molar-refractivity contribution in [1.29, 1.82) is 0 Å². The number of aliphatic hydroxyl groups is 1. The smallest absolute Gasteiger partial charge is 0.135 e. The van der Waals surface area contributed by atoms with Gasteiger partial charge in [-0.3, -0.25) is 0 Å². The van der Waals surface area contributed by atoms with Gasteiger partial charge in [0.25, 0.3) is 0 Å². The normalized spacial score (nSPS) is 15.5. The van der Waals surface area contributed by atoms with E-state index in [1.54, 1.807) is 6.33 Å². The molecule has 0 amide bonds. The van der Waals surface area contributed by atoms with E-state index in [1.165, 1.54) is 32.1 Å². The second-order valence-electron chi connectivity index (χ2n) is 5.75. The van der Waals surface area contributed by atoms with Crippen LogP contribution in [0.5, 0.6) is 0 Å². The van der Waals surface area contributed by atoms with Crippen molar-refractivity contribution >= 4 is 17.3 Å². The van der Waals surface area contributed by atoms with Gasteiger partial charge in [0.2, 0.25) is 0 Å². The first-order valence-electron chi connectivity index (χ1n) is 7.89. The summed E-state index contributed by atoms with van der Waals surface area (Å²) in [6, 6.07) is 10.1. The number of aromatic nitrogens is 2. The molecule has 0 atom stereocenters. The summed E-state index contributed by atoms with van der Waals surface area (Å²) >= 11 is 0. The Labute approximate surface area is 130 Å². The van der Waals surface area contributed by atoms with E-state index in [2.05, 4.69) is 20.6 Å². The summed E-state index contributed by atoms with van der Waals surface area (Å²) in [5.74, 6) is 1.62. The molecule has 1 aromatic heterocycles. The number of hydrogen-bond acceptors (Lipinski definition) is 5. The average Bonchev–Trinajstić information content (AvgIpc) is 2.56. The monoisotopic (exact) mass is 298 g/mol. The molecule has 0 aliphatic heterocycles. The van der Waals surface area contributed by atoms with E-state index in [0.717, 1.165) is 22.9 Å². The molecule has 1 heterocycles. The molecule has 0 spiro atoms. The highest BCUT2D eigenvalue weighted by Gasteiger charge is 2.13. The van der Waals surface area contributed by atoms with Gasteiger partial charge < -0.3 is 15.7 Å². The summed E-state index contributed by atoms with van der Waals surface area (Å²) in [5.41, 5.74) is 1.79. The molecule has 0 saturated heterocycles. The lowest BCUT2D eigenvalue weighted by atomic mass is 9.95. The summed E-state index contributed by atoms with van der Waals surface area (Å²) < 4.78 is 0. The molecule has 0 unspecified atom stereocenters. The Hall–Kier alpha value is -2.14. The highest BCUT2D eigenvalue weighted by Crippen LogP contribution is 2.22. The van der Waals surface area contributed by atoms with Crippen molar-refractivity contribution in [2.75, 3.05) is 10.6 Å². The van der Waals surface area contributed by atoms with Gasteiger partial charge in [-0.25, -0.2) is 9.97 Å². The Balaban J connectivity index is 1.67. The first-order valence-corrected chi connectivity index (χ1v) is 7.89. The van der Waals surface area contributed by atoms with Gasteiger partial charge in [-0.05, 0) is 30.5 Å². The number of hydrogen-bond donors (Lipinski definition) is 3. The van der Waals surface area contributed by atoms with E-state index >= 15 is 0 Å². The predicted octanol–water partition coefficient (Wildman–Crippen LogP) is 3.46. The van der Waals surface area contributed by atoms with E-state index in [0.29, 0.717) is 6.04 Å². The Morgan fingerprint density at radius 3 is 2.68 bits per heavy atom. The van der Waals surface area contributed by atoms with Crippen LogP contribution in [0.2, 0.25) is 0 Å². The lowest BCUT2D eigenvalue weighted by Gasteiger charge is -2.23. The Morgan fingerprint density at radius 2 is 1.86 bits per heavy atom. The van der Waals surface area contributed by atoms with Crippen LogP contribution in [-0.4, -0.2) is 21.1 Å². The number of nitrogens with one attached hydrogen (secondary N) is 2. The first-order chi connectivity index (χ1) is 10.8. The molecule has 1 aromatic carbocycles. The van der Waals surface area contributed by atoms with Crippen LogP contribution in [0.1, 0.15) is 37.7 Å². The van der Waals surface area contributed by atoms with Crippen LogP contribution in [0.25, 0.3) is 0 Å². The first kappa shape index (κ1) is 14.8. The van der Waals surface area contributed by atoms with Crippen LogP contribution in [0, 0.1) is 0 Å². The highest BCUT2D eigenvalue weighted by atomic mass is 16.3. The topological polar surface area (TPSA) is 70.1 Å². The lowest BCUT2D eigenvalue weighted by molar-refractivity contribution is 0.282. The predicted molar refractivity (Wildman–Crippen MR) is 88.2 cm³/mol. The van der Waals surface area contributed by atoms with Gasteiger partial charge >= 0.3 is 0 Å². The summed E-state index contributed by atoms with van der Waals surface area (Å²) in [6.45, 7) is 0.0355. The van der Waals surface area contributed by atoms with E-state index in [1.807, 2.05) is 30.3 Å². The van der Waals surface area contributed by atoms with Gasteiger partial charge in [-0.15, -0.1) is 0 Å². The largest absolute Gasteiger partial charge is 0.392 e. The molecule has 116 valence electrons. The van der Waals surface area contributed by atoms with Crippen molar-refractivity contribution < 1.29 is 5.11 Å². The molecule has 1 aliphatic rings. The number of aliphatic hydroxyl groups excluding tert-OH is 1. The van der Waals surface area contributed by atoms with Gasteiger partial charge in [0.15, 0.2) is 0 Å². The third-order valence-electron chi connectivity index (χ3n) is 4.01. The van der Waals surface area contributed by atoms with Crippen molar-refractivity contribution in [3.8, 4) is 0 Å². The zero-order chi connectivity index (χ0) is 15.2. The zero-order valence-corrected chi connectivity index (χ0v) is 12.6. The van der Waals surface area contributed by atoms with E-state index in [4.69, 9.17) is 0 Å². The Morgan fingerprint density at radius 1 is 1.05 bits per heavy atom. The fourth-order valence-electron chi connectivity index (χ4n) is 2.86. The van der Waals surface area contributed by atoms with Crippen molar-refractivity contribution in [2.24, 2.45) is 0 Å². The summed E-state index contributed by atoms with van der Waals surface area (Å²) in [4.78, 5) is 8.57. The van der Waals surface area contributed by atoms with E-state index < -0.39 is 0 Å². The number of anilines is 3. The Kier molecular flexibility index (Phi) is 4.85. The number of nitrogens with zero attached hydrogens (tertiary/aromatic N) is 2. The molecule has 5 nitrogen and oxygen atoms in total. The Bertz CT molecular complexity index is 611. The number of rotatable bonds is 5. The van der Waals surface area contributed by atoms with Gasteiger partial charge in [0, 0.05) is 17.8 Å². The van der Waals surface area contributed by atoms with Gasteiger partial charge in [-0.2, -0.15) is 0 Å². The summed E-state index contributed by atoms with van der Waals surface area (Å²) in [7, 11) is 0. The molecule has 22 heavy (non-hydrogen) atoms. The zero-order valence-electron chi connectivity index (χ0n) is 12.6. The minimum Gasteiger partial charge on any atom is -0.392 e. The van der Waals surface area contributed by atoms with Crippen molar-refractivity contribution in [1.82, 2.24) is 9.97 Å². The maximum Gasteiger partial charge on any atom is 0.135 e. The fourth-order valence-corrected chi connectivity index (χ4v) is 2.86. The van der Waals surface area contributed by atoms with Crippen LogP contribution in [-0.2, 0) is 6.61 Å². The van der Waals surface area contributed by atoms with Gasteiger partial charge in [0.05, 0.1) is 6.61 Å². The lowest BCUT2D eigenvalue weighted by Crippen LogP contribution is -2.22. The number of benzene rings is 1. The minimum absolute atomic E-state index is 0.0355. The summed E-state index contributed by atoms with van der Waals surface area (Å²) in [5, 5.41) is 15.9. The molecule has 1 fully saturated rings. The third-order valence-corrected chi connectivity index (χ3v) is 4.01. The molecule has 0 bridgehead atoms. The molecule has 3 N–H and O–H groups in total. The molecule has 2 aromatic rings. The maximum absolute atomic E-state index is 9.19. The highest BCUT2D eigenvalue weighted by molar-refractivity contribution is 5.59. The molecule has 1 aliphatic carbocycles. The fraction of sp³-hybridized carbons (Fsp3) is 0.412. The molecular formula is C17H22N4O. The van der Waals surface area contributed by atoms with Crippen molar-refractivity contribution in [3.63, 3.8) is 0 Å². The molecule has 5 heteroatoms. The second-order valence-corrected chi connectivity index (χ2v) is 5.75. The molecule has 0 radical (unpaired) electrons. The van der Waals surface area contributed by atoms with Crippen molar-refractivity contribution in [2.45, 2.75) is 44.8 Å². The van der Waals surface area contributed by atoms with Crippen LogP contribution in [0.15, 0.2) is 36.7 Å². The maximum atomic E-state index is 9.19. The van der Waals surface area contributed by atoms with Gasteiger partial charge in [-0.1, -0.05) is 31.4 Å². The van der Waals surface area contributed by atoms with Crippen LogP contribution in [0.4, 0.5) is 17.3 Å². The van der Waals surface area contributed by atoms with E-state index in [-0.39, 0.29) is 6.61 Å². The quantitative estimate of drug-likeness (QED) is 0.788. The van der Waals surface area contributed by atoms with Crippen molar-refractivity contribution in [3.05, 3.63) is 42.2 Å². The van der Waals surface area contributed by atoms with Crippen LogP contribution >= 0.6 is 0 Å². The van der Waals surface area contributed by atoms with Crippen LogP contribution in [0.3, 0.4) is 0 Å².